The Balaban J connectivity index is 1.91. The molecule has 1 heterocycles. The summed E-state index contributed by atoms with van der Waals surface area (Å²) in [4.78, 5) is 22.6. The molecule has 116 valence electrons. The van der Waals surface area contributed by atoms with Crippen molar-refractivity contribution in [1.29, 1.82) is 0 Å². The molecular formula is C16H11ClN2O4. The summed E-state index contributed by atoms with van der Waals surface area (Å²) in [5.74, 6) is -0.565. The van der Waals surface area contributed by atoms with Gasteiger partial charge in [-0.25, -0.2) is 4.79 Å². The number of benzene rings is 2. The number of rotatable bonds is 4. The monoisotopic (exact) mass is 330 g/mol. The highest BCUT2D eigenvalue weighted by molar-refractivity contribution is 6.30. The molecule has 1 aliphatic rings. The minimum Gasteiger partial charge on any atom is -0.442 e. The van der Waals surface area contributed by atoms with Crippen LogP contribution in [0.2, 0.25) is 5.02 Å². The van der Waals surface area contributed by atoms with Gasteiger partial charge in [0.25, 0.3) is 0 Å². The number of esters is 1. The molecule has 0 aromatic heterocycles. The van der Waals surface area contributed by atoms with Crippen molar-refractivity contribution < 1.29 is 14.5 Å². The molecule has 7 heteroatoms. The average molecular weight is 331 g/mol. The van der Waals surface area contributed by atoms with Crippen molar-refractivity contribution in [3.63, 3.8) is 0 Å². The Labute approximate surface area is 136 Å². The summed E-state index contributed by atoms with van der Waals surface area (Å²) in [5, 5.41) is 14.7. The van der Waals surface area contributed by atoms with E-state index < -0.39 is 17.0 Å². The minimum absolute atomic E-state index is 0.252. The Morgan fingerprint density at radius 1 is 1.22 bits per heavy atom. The Morgan fingerprint density at radius 2 is 1.91 bits per heavy atom. The number of carbonyl (C=O) groups is 1. The lowest BCUT2D eigenvalue weighted by Crippen LogP contribution is -2.12. The second kappa shape index (κ2) is 6.10. The summed E-state index contributed by atoms with van der Waals surface area (Å²) in [6, 6.07) is 13.3. The topological polar surface area (TPSA) is 81.5 Å². The SMILES string of the molecule is O=C1OC(/C(=C/Nc2ccc(Cl)cc2)[N+](=O)[O-])c2ccccc21. The Bertz CT molecular complexity index is 802. The third kappa shape index (κ3) is 3.02. The molecule has 0 saturated heterocycles. The second-order valence-electron chi connectivity index (χ2n) is 4.85. The van der Waals surface area contributed by atoms with Crippen molar-refractivity contribution in [2.75, 3.05) is 5.32 Å². The van der Waals surface area contributed by atoms with E-state index in [-0.39, 0.29) is 5.70 Å². The van der Waals surface area contributed by atoms with Crippen LogP contribution in [0.4, 0.5) is 5.69 Å². The number of carbonyl (C=O) groups excluding carboxylic acids is 1. The van der Waals surface area contributed by atoms with Gasteiger partial charge in [0.2, 0.25) is 6.10 Å². The fourth-order valence-corrected chi connectivity index (χ4v) is 2.42. The van der Waals surface area contributed by atoms with Crippen LogP contribution in [-0.4, -0.2) is 10.9 Å². The number of cyclic esters (lactones) is 1. The molecule has 0 saturated carbocycles. The first-order valence-electron chi connectivity index (χ1n) is 6.73. The van der Waals surface area contributed by atoms with Gasteiger partial charge in [0, 0.05) is 16.3 Å². The van der Waals surface area contributed by atoms with Crippen molar-refractivity contribution >= 4 is 23.3 Å². The van der Waals surface area contributed by atoms with Crippen molar-refractivity contribution in [3.05, 3.63) is 86.7 Å². The van der Waals surface area contributed by atoms with E-state index in [1.165, 1.54) is 6.20 Å². The maximum atomic E-state index is 11.8. The van der Waals surface area contributed by atoms with Crippen LogP contribution in [0.1, 0.15) is 22.0 Å². The highest BCUT2D eigenvalue weighted by Crippen LogP contribution is 2.35. The molecule has 0 aliphatic carbocycles. The molecule has 0 amide bonds. The molecule has 2 aromatic carbocycles. The molecule has 0 spiro atoms. The molecule has 0 bridgehead atoms. The van der Waals surface area contributed by atoms with Crippen LogP contribution >= 0.6 is 11.6 Å². The molecule has 1 N–H and O–H groups in total. The fraction of sp³-hybridized carbons (Fsp3) is 0.0625. The van der Waals surface area contributed by atoms with E-state index in [2.05, 4.69) is 5.32 Å². The van der Waals surface area contributed by atoms with E-state index in [4.69, 9.17) is 16.3 Å². The smallest absolute Gasteiger partial charge is 0.339 e. The molecule has 0 fully saturated rings. The Kier molecular flexibility index (Phi) is 3.99. The fourth-order valence-electron chi connectivity index (χ4n) is 2.29. The molecular weight excluding hydrogens is 320 g/mol. The van der Waals surface area contributed by atoms with Crippen LogP contribution in [0.5, 0.6) is 0 Å². The number of hydrogen-bond donors (Lipinski definition) is 1. The van der Waals surface area contributed by atoms with Crippen LogP contribution in [0.3, 0.4) is 0 Å². The number of anilines is 1. The number of nitrogens with one attached hydrogen (secondary N) is 1. The lowest BCUT2D eigenvalue weighted by molar-refractivity contribution is -0.436. The Morgan fingerprint density at radius 3 is 2.61 bits per heavy atom. The van der Waals surface area contributed by atoms with Crippen molar-refractivity contribution in [2.45, 2.75) is 6.10 Å². The summed E-state index contributed by atoms with van der Waals surface area (Å²) >= 11 is 5.79. The molecule has 3 rings (SSSR count). The molecule has 23 heavy (non-hydrogen) atoms. The van der Waals surface area contributed by atoms with Crippen LogP contribution < -0.4 is 5.32 Å². The largest absolute Gasteiger partial charge is 0.442 e. The average Bonchev–Trinajstić information content (AvgIpc) is 2.87. The Hall–Kier alpha value is -2.86. The highest BCUT2D eigenvalue weighted by atomic mass is 35.5. The predicted molar refractivity (Wildman–Crippen MR) is 84.8 cm³/mol. The van der Waals surface area contributed by atoms with E-state index in [1.807, 2.05) is 0 Å². The molecule has 6 nitrogen and oxygen atoms in total. The summed E-state index contributed by atoms with van der Waals surface area (Å²) in [5.41, 5.74) is 1.21. The van der Waals surface area contributed by atoms with E-state index >= 15 is 0 Å². The van der Waals surface area contributed by atoms with E-state index in [1.54, 1.807) is 48.5 Å². The van der Waals surface area contributed by atoms with Gasteiger partial charge in [-0.05, 0) is 30.3 Å². The van der Waals surface area contributed by atoms with Gasteiger partial charge in [-0.1, -0.05) is 29.8 Å². The highest BCUT2D eigenvalue weighted by Gasteiger charge is 2.39. The first kappa shape index (κ1) is 15.1. The summed E-state index contributed by atoms with van der Waals surface area (Å²) in [6.45, 7) is 0. The molecule has 2 aromatic rings. The lowest BCUT2D eigenvalue weighted by atomic mass is 10.0. The van der Waals surface area contributed by atoms with Crippen molar-refractivity contribution in [3.8, 4) is 0 Å². The number of hydrogen-bond acceptors (Lipinski definition) is 5. The summed E-state index contributed by atoms with van der Waals surface area (Å²) in [6.07, 6.45) is 0.192. The van der Waals surface area contributed by atoms with E-state index in [0.29, 0.717) is 21.8 Å². The lowest BCUT2D eigenvalue weighted by Gasteiger charge is -2.08. The number of ether oxygens (including phenoxy) is 1. The third-order valence-corrected chi connectivity index (χ3v) is 3.65. The zero-order chi connectivity index (χ0) is 16.4. The van der Waals surface area contributed by atoms with Gasteiger partial charge >= 0.3 is 11.7 Å². The summed E-state index contributed by atoms with van der Waals surface area (Å²) < 4.78 is 5.15. The van der Waals surface area contributed by atoms with Gasteiger partial charge in [0.05, 0.1) is 16.7 Å². The first-order valence-corrected chi connectivity index (χ1v) is 7.10. The maximum absolute atomic E-state index is 11.8. The zero-order valence-corrected chi connectivity index (χ0v) is 12.5. The van der Waals surface area contributed by atoms with Gasteiger partial charge < -0.3 is 10.1 Å². The number of fused-ring (bicyclic) bond motifs is 1. The maximum Gasteiger partial charge on any atom is 0.339 e. The second-order valence-corrected chi connectivity index (χ2v) is 5.29. The number of nitrogens with zero attached hydrogens (tertiary/aromatic N) is 1. The van der Waals surface area contributed by atoms with Gasteiger partial charge in [0.1, 0.15) is 0 Å². The summed E-state index contributed by atoms with van der Waals surface area (Å²) in [7, 11) is 0. The van der Waals surface area contributed by atoms with Crippen LogP contribution in [0.15, 0.2) is 60.4 Å². The van der Waals surface area contributed by atoms with Gasteiger partial charge in [-0.2, -0.15) is 0 Å². The number of halogens is 1. The minimum atomic E-state index is -1.03. The van der Waals surface area contributed by atoms with Crippen LogP contribution in [0, 0.1) is 10.1 Å². The molecule has 1 atom stereocenters. The normalized spacial score (nSPS) is 16.7. The van der Waals surface area contributed by atoms with Crippen LogP contribution in [-0.2, 0) is 4.74 Å². The predicted octanol–water partition coefficient (Wildman–Crippen LogP) is 3.78. The zero-order valence-electron chi connectivity index (χ0n) is 11.7. The quantitative estimate of drug-likeness (QED) is 0.524. The third-order valence-electron chi connectivity index (χ3n) is 3.40. The van der Waals surface area contributed by atoms with Gasteiger partial charge in [-0.3, -0.25) is 10.1 Å². The van der Waals surface area contributed by atoms with Gasteiger partial charge in [0.15, 0.2) is 0 Å². The van der Waals surface area contributed by atoms with Crippen molar-refractivity contribution in [2.24, 2.45) is 0 Å². The van der Waals surface area contributed by atoms with E-state index in [0.717, 1.165) is 0 Å². The molecule has 1 aliphatic heterocycles. The van der Waals surface area contributed by atoms with Gasteiger partial charge in [-0.15, -0.1) is 0 Å². The van der Waals surface area contributed by atoms with Crippen LogP contribution in [0.25, 0.3) is 0 Å². The number of nitro groups is 1. The molecule has 1 unspecified atom stereocenters. The first-order chi connectivity index (χ1) is 11.1. The van der Waals surface area contributed by atoms with E-state index in [9.17, 15) is 14.9 Å². The molecule has 0 radical (unpaired) electrons. The standard InChI is InChI=1S/C16H11ClN2O4/c17-10-5-7-11(8-6-10)18-9-14(19(21)22)15-12-3-1-2-4-13(12)16(20)23-15/h1-9,15,18H/b14-9-. The van der Waals surface area contributed by atoms with Crippen molar-refractivity contribution in [1.82, 2.24) is 0 Å².